The van der Waals surface area contributed by atoms with Crippen molar-refractivity contribution in [1.29, 1.82) is 0 Å². The largest absolute Gasteiger partial charge is 0.573 e. The molecule has 0 saturated carbocycles. The Morgan fingerprint density at radius 2 is 1.80 bits per heavy atom. The summed E-state index contributed by atoms with van der Waals surface area (Å²) in [6.45, 7) is 0. The highest BCUT2D eigenvalue weighted by atomic mass is 35.5. The van der Waals surface area contributed by atoms with Crippen LogP contribution in [0.25, 0.3) is 0 Å². The van der Waals surface area contributed by atoms with Gasteiger partial charge in [0.15, 0.2) is 11.0 Å². The SMILES string of the molecule is O=C(Nc1ccc(OC(F)(F)F)cc1)c1ccc(Cl)o1. The van der Waals surface area contributed by atoms with Gasteiger partial charge in [-0.1, -0.05) is 0 Å². The van der Waals surface area contributed by atoms with E-state index in [0.717, 1.165) is 12.1 Å². The fourth-order valence-corrected chi connectivity index (χ4v) is 1.52. The lowest BCUT2D eigenvalue weighted by Crippen LogP contribution is -2.17. The maximum Gasteiger partial charge on any atom is 0.573 e. The quantitative estimate of drug-likeness (QED) is 0.929. The molecule has 1 heterocycles. The van der Waals surface area contributed by atoms with Gasteiger partial charge in [-0.3, -0.25) is 4.79 Å². The summed E-state index contributed by atoms with van der Waals surface area (Å²) in [5.74, 6) is -0.955. The summed E-state index contributed by atoms with van der Waals surface area (Å²) in [5.41, 5.74) is 0.289. The second kappa shape index (κ2) is 5.46. The van der Waals surface area contributed by atoms with Crippen LogP contribution in [0, 0.1) is 0 Å². The van der Waals surface area contributed by atoms with Crippen LogP contribution in [-0.2, 0) is 0 Å². The third-order valence-electron chi connectivity index (χ3n) is 2.14. The van der Waals surface area contributed by atoms with Gasteiger partial charge in [-0.15, -0.1) is 13.2 Å². The molecule has 0 aliphatic heterocycles. The average molecular weight is 306 g/mol. The van der Waals surface area contributed by atoms with E-state index in [1.54, 1.807) is 0 Å². The number of nitrogens with one attached hydrogen (secondary N) is 1. The molecule has 2 aromatic rings. The first-order chi connectivity index (χ1) is 9.33. The number of amides is 1. The third kappa shape index (κ3) is 3.92. The molecule has 20 heavy (non-hydrogen) atoms. The van der Waals surface area contributed by atoms with Gasteiger partial charge >= 0.3 is 6.36 Å². The Morgan fingerprint density at radius 1 is 1.15 bits per heavy atom. The Hall–Kier alpha value is -2.15. The van der Waals surface area contributed by atoms with Gasteiger partial charge in [0.1, 0.15) is 5.75 Å². The third-order valence-corrected chi connectivity index (χ3v) is 2.35. The number of furan rings is 1. The summed E-state index contributed by atoms with van der Waals surface area (Å²) in [6, 6.07) is 7.47. The van der Waals surface area contributed by atoms with Crippen molar-refractivity contribution in [2.24, 2.45) is 0 Å². The van der Waals surface area contributed by atoms with Crippen LogP contribution in [0.3, 0.4) is 0 Å². The Kier molecular flexibility index (Phi) is 3.89. The first-order valence-corrected chi connectivity index (χ1v) is 5.64. The van der Waals surface area contributed by atoms with Gasteiger partial charge < -0.3 is 14.5 Å². The van der Waals surface area contributed by atoms with Crippen molar-refractivity contribution in [1.82, 2.24) is 0 Å². The Labute approximate surface area is 116 Å². The second-order valence-electron chi connectivity index (χ2n) is 3.63. The molecule has 0 aliphatic carbocycles. The van der Waals surface area contributed by atoms with Crippen LogP contribution in [0.5, 0.6) is 5.75 Å². The molecule has 8 heteroatoms. The zero-order valence-corrected chi connectivity index (χ0v) is 10.5. The molecule has 0 atom stereocenters. The van der Waals surface area contributed by atoms with Gasteiger partial charge in [-0.25, -0.2) is 0 Å². The number of carbonyl (C=O) groups is 1. The molecule has 1 N–H and O–H groups in total. The van der Waals surface area contributed by atoms with Crippen molar-refractivity contribution < 1.29 is 27.1 Å². The molecule has 4 nitrogen and oxygen atoms in total. The number of anilines is 1. The summed E-state index contributed by atoms with van der Waals surface area (Å²) < 4.78 is 44.5. The minimum absolute atomic E-state index is 0.00869. The molecule has 2 rings (SSSR count). The Balaban J connectivity index is 2.02. The molecule has 106 valence electrons. The Bertz CT molecular complexity index is 607. The van der Waals surface area contributed by atoms with E-state index in [1.165, 1.54) is 24.3 Å². The van der Waals surface area contributed by atoms with Crippen LogP contribution in [0.4, 0.5) is 18.9 Å². The lowest BCUT2D eigenvalue weighted by molar-refractivity contribution is -0.274. The lowest BCUT2D eigenvalue weighted by Gasteiger charge is -2.09. The number of ether oxygens (including phenoxy) is 1. The van der Waals surface area contributed by atoms with Crippen molar-refractivity contribution in [2.75, 3.05) is 5.32 Å². The molecule has 1 amide bonds. The number of hydrogen-bond acceptors (Lipinski definition) is 3. The number of alkyl halides is 3. The van der Waals surface area contributed by atoms with E-state index in [2.05, 4.69) is 10.1 Å². The molecule has 1 aromatic heterocycles. The normalized spacial score (nSPS) is 11.2. The fraction of sp³-hybridized carbons (Fsp3) is 0.0833. The van der Waals surface area contributed by atoms with Crippen LogP contribution < -0.4 is 10.1 Å². The topological polar surface area (TPSA) is 51.5 Å². The van der Waals surface area contributed by atoms with Crippen molar-refractivity contribution in [3.63, 3.8) is 0 Å². The van der Waals surface area contributed by atoms with Gasteiger partial charge in [0, 0.05) is 5.69 Å². The molecular formula is C12H7ClF3NO3. The van der Waals surface area contributed by atoms with Crippen molar-refractivity contribution >= 4 is 23.2 Å². The first kappa shape index (κ1) is 14.3. The molecule has 0 fully saturated rings. The predicted octanol–water partition coefficient (Wildman–Crippen LogP) is 4.08. The Morgan fingerprint density at radius 3 is 2.30 bits per heavy atom. The molecule has 0 spiro atoms. The van der Waals surface area contributed by atoms with E-state index in [4.69, 9.17) is 16.0 Å². The summed E-state index contributed by atoms with van der Waals surface area (Å²) in [6.07, 6.45) is -4.75. The molecule has 0 bridgehead atoms. The van der Waals surface area contributed by atoms with Crippen molar-refractivity contribution in [3.05, 3.63) is 47.4 Å². The number of hydrogen-bond donors (Lipinski definition) is 1. The van der Waals surface area contributed by atoms with Gasteiger partial charge in [-0.05, 0) is 48.0 Å². The van der Waals surface area contributed by atoms with Gasteiger partial charge in [0.2, 0.25) is 0 Å². The standard InChI is InChI=1S/C12H7ClF3NO3/c13-10-6-5-9(19-10)11(18)17-7-1-3-8(4-2-7)20-12(14,15)16/h1-6H,(H,17,18). The number of rotatable bonds is 3. The fourth-order valence-electron chi connectivity index (χ4n) is 1.37. The summed E-state index contributed by atoms with van der Waals surface area (Å²) in [7, 11) is 0. The highest BCUT2D eigenvalue weighted by Crippen LogP contribution is 2.24. The average Bonchev–Trinajstić information content (AvgIpc) is 2.77. The van der Waals surface area contributed by atoms with Crippen LogP contribution in [-0.4, -0.2) is 12.3 Å². The van der Waals surface area contributed by atoms with Gasteiger partial charge in [0.25, 0.3) is 5.91 Å². The van der Waals surface area contributed by atoms with E-state index in [1.807, 2.05) is 0 Å². The lowest BCUT2D eigenvalue weighted by atomic mass is 10.3. The molecule has 0 saturated heterocycles. The first-order valence-electron chi connectivity index (χ1n) is 5.26. The minimum atomic E-state index is -4.75. The van der Waals surface area contributed by atoms with Crippen LogP contribution in [0.1, 0.15) is 10.6 Å². The highest BCUT2D eigenvalue weighted by molar-refractivity contribution is 6.29. The van der Waals surface area contributed by atoms with E-state index in [9.17, 15) is 18.0 Å². The van der Waals surface area contributed by atoms with E-state index < -0.39 is 12.3 Å². The molecular weight excluding hydrogens is 299 g/mol. The number of benzene rings is 1. The zero-order chi connectivity index (χ0) is 14.8. The van der Waals surface area contributed by atoms with Crippen LogP contribution in [0.15, 0.2) is 40.8 Å². The van der Waals surface area contributed by atoms with E-state index >= 15 is 0 Å². The van der Waals surface area contributed by atoms with Crippen LogP contribution in [0.2, 0.25) is 5.22 Å². The number of halogens is 4. The highest BCUT2D eigenvalue weighted by Gasteiger charge is 2.30. The smallest absolute Gasteiger partial charge is 0.440 e. The molecule has 1 aromatic carbocycles. The zero-order valence-electron chi connectivity index (χ0n) is 9.70. The second-order valence-corrected chi connectivity index (χ2v) is 4.00. The molecule has 0 unspecified atom stereocenters. The monoisotopic (exact) mass is 305 g/mol. The van der Waals surface area contributed by atoms with Gasteiger partial charge in [0.05, 0.1) is 0 Å². The predicted molar refractivity (Wildman–Crippen MR) is 64.8 cm³/mol. The van der Waals surface area contributed by atoms with E-state index in [0.29, 0.717) is 0 Å². The summed E-state index contributed by atoms with van der Waals surface area (Å²) >= 11 is 5.52. The molecule has 0 radical (unpaired) electrons. The maximum atomic E-state index is 12.0. The summed E-state index contributed by atoms with van der Waals surface area (Å²) in [5, 5.41) is 2.49. The van der Waals surface area contributed by atoms with Crippen molar-refractivity contribution in [3.8, 4) is 5.75 Å². The van der Waals surface area contributed by atoms with Crippen LogP contribution >= 0.6 is 11.6 Å². The van der Waals surface area contributed by atoms with Gasteiger partial charge in [-0.2, -0.15) is 0 Å². The molecule has 0 aliphatic rings. The van der Waals surface area contributed by atoms with Crippen molar-refractivity contribution in [2.45, 2.75) is 6.36 Å². The summed E-state index contributed by atoms with van der Waals surface area (Å²) in [4.78, 5) is 11.7. The minimum Gasteiger partial charge on any atom is -0.440 e. The van der Waals surface area contributed by atoms with E-state index in [-0.39, 0.29) is 22.4 Å². The maximum absolute atomic E-state index is 12.0. The number of carbonyl (C=O) groups excluding carboxylic acids is 1.